The van der Waals surface area contributed by atoms with Gasteiger partial charge in [-0.15, -0.1) is 0 Å². The van der Waals surface area contributed by atoms with Gasteiger partial charge in [-0.3, -0.25) is 4.79 Å². The Morgan fingerprint density at radius 2 is 2.00 bits per heavy atom. The van der Waals surface area contributed by atoms with Crippen LogP contribution in [0.5, 0.6) is 0 Å². The van der Waals surface area contributed by atoms with Gasteiger partial charge >= 0.3 is 0 Å². The predicted octanol–water partition coefficient (Wildman–Crippen LogP) is 4.29. The third-order valence-electron chi connectivity index (χ3n) is 5.49. The molecule has 0 saturated carbocycles. The summed E-state index contributed by atoms with van der Waals surface area (Å²) < 4.78 is 0. The number of nitrogens with one attached hydrogen (secondary N) is 1. The highest BCUT2D eigenvalue weighted by Gasteiger charge is 2.59. The molecule has 1 unspecified atom stereocenters. The third-order valence-corrected chi connectivity index (χ3v) is 5.73. The summed E-state index contributed by atoms with van der Waals surface area (Å²) in [5, 5.41) is 3.94. The fourth-order valence-corrected chi connectivity index (χ4v) is 4.31. The molecule has 2 aromatic rings. The molecule has 2 aliphatic heterocycles. The minimum absolute atomic E-state index is 0.0510. The number of benzene rings is 2. The van der Waals surface area contributed by atoms with Crippen molar-refractivity contribution in [2.45, 2.75) is 31.8 Å². The van der Waals surface area contributed by atoms with Crippen LogP contribution in [-0.4, -0.2) is 18.1 Å². The topological polar surface area (TPSA) is 32.3 Å². The zero-order chi connectivity index (χ0) is 17.8. The first-order chi connectivity index (χ1) is 11.8. The van der Waals surface area contributed by atoms with Crippen molar-refractivity contribution < 1.29 is 4.79 Å². The number of hydrogen-bond acceptors (Lipinski definition) is 2. The van der Waals surface area contributed by atoms with Gasteiger partial charge in [0, 0.05) is 16.1 Å². The summed E-state index contributed by atoms with van der Waals surface area (Å²) in [5.74, 6) is 0.0510. The second-order valence-electron chi connectivity index (χ2n) is 7.43. The van der Waals surface area contributed by atoms with Gasteiger partial charge < -0.3 is 10.2 Å². The smallest absolute Gasteiger partial charge is 0.241 e. The van der Waals surface area contributed by atoms with Crippen molar-refractivity contribution in [1.82, 2.24) is 5.32 Å². The molecule has 4 heteroatoms. The van der Waals surface area contributed by atoms with E-state index in [0.29, 0.717) is 11.6 Å². The first-order valence-corrected chi connectivity index (χ1v) is 8.86. The molecule has 2 aliphatic rings. The van der Waals surface area contributed by atoms with E-state index < -0.39 is 5.66 Å². The van der Waals surface area contributed by atoms with Gasteiger partial charge in [0.05, 0.1) is 6.54 Å². The summed E-state index contributed by atoms with van der Waals surface area (Å²) in [6, 6.07) is 14.2. The second-order valence-corrected chi connectivity index (χ2v) is 7.87. The van der Waals surface area contributed by atoms with E-state index in [-0.39, 0.29) is 11.3 Å². The molecular formula is C21H21ClN2O. The van der Waals surface area contributed by atoms with Gasteiger partial charge in [0.15, 0.2) is 0 Å². The molecule has 3 nitrogen and oxygen atoms in total. The fraction of sp³-hybridized carbons (Fsp3) is 0.286. The first kappa shape index (κ1) is 16.2. The summed E-state index contributed by atoms with van der Waals surface area (Å²) in [6.07, 6.45) is 4.16. The number of hydrogen-bond donors (Lipinski definition) is 1. The average Bonchev–Trinajstić information content (AvgIpc) is 2.98. The number of anilines is 1. The van der Waals surface area contributed by atoms with Crippen molar-refractivity contribution in [3.8, 4) is 0 Å². The molecule has 1 amide bonds. The monoisotopic (exact) mass is 352 g/mol. The molecule has 0 radical (unpaired) electrons. The molecular weight excluding hydrogens is 332 g/mol. The number of carbonyl (C=O) groups excluding carboxylic acids is 1. The standard InChI is InChI=1S/C21H21ClN2O/c1-14-7-8-18-17(11-14)20(2,3)21(23-19(25)13-24(18)21)10-9-15-5-4-6-16(22)12-15/h4-12H,13H2,1-3H3,(H,23,25)/b10-9+. The number of carbonyl (C=O) groups is 1. The lowest BCUT2D eigenvalue weighted by molar-refractivity contribution is -0.118. The number of fused-ring (bicyclic) bond motifs is 3. The molecule has 25 heavy (non-hydrogen) atoms. The van der Waals surface area contributed by atoms with E-state index in [1.807, 2.05) is 30.3 Å². The lowest BCUT2D eigenvalue weighted by Gasteiger charge is -2.40. The number of halogens is 1. The highest BCUT2D eigenvalue weighted by atomic mass is 35.5. The van der Waals surface area contributed by atoms with E-state index in [1.165, 1.54) is 11.1 Å². The van der Waals surface area contributed by atoms with Gasteiger partial charge in [0.2, 0.25) is 5.91 Å². The molecule has 1 atom stereocenters. The minimum atomic E-state index is -0.567. The minimum Gasteiger partial charge on any atom is -0.335 e. The van der Waals surface area contributed by atoms with Crippen LogP contribution in [0.4, 0.5) is 5.69 Å². The maximum Gasteiger partial charge on any atom is 0.241 e. The maximum absolute atomic E-state index is 12.3. The Labute approximate surface area is 153 Å². The van der Waals surface area contributed by atoms with Crippen LogP contribution in [0.15, 0.2) is 48.5 Å². The highest BCUT2D eigenvalue weighted by molar-refractivity contribution is 6.30. The summed E-state index contributed by atoms with van der Waals surface area (Å²) in [4.78, 5) is 14.5. The largest absolute Gasteiger partial charge is 0.335 e. The Balaban J connectivity index is 1.85. The molecule has 1 saturated heterocycles. The van der Waals surface area contributed by atoms with Gasteiger partial charge in [-0.25, -0.2) is 0 Å². The molecule has 4 rings (SSSR count). The van der Waals surface area contributed by atoms with Crippen LogP contribution in [0.25, 0.3) is 6.08 Å². The van der Waals surface area contributed by atoms with Crippen LogP contribution >= 0.6 is 11.6 Å². The Bertz CT molecular complexity index is 903. The molecule has 0 spiro atoms. The van der Waals surface area contributed by atoms with Crippen molar-refractivity contribution >= 4 is 29.3 Å². The molecule has 128 valence electrons. The number of nitrogens with zero attached hydrogens (tertiary/aromatic N) is 1. The van der Waals surface area contributed by atoms with E-state index >= 15 is 0 Å². The van der Waals surface area contributed by atoms with Gasteiger partial charge in [0.1, 0.15) is 5.66 Å². The van der Waals surface area contributed by atoms with E-state index in [9.17, 15) is 4.79 Å². The van der Waals surface area contributed by atoms with Crippen LogP contribution in [-0.2, 0) is 10.2 Å². The Morgan fingerprint density at radius 3 is 2.76 bits per heavy atom. The van der Waals surface area contributed by atoms with Crippen molar-refractivity contribution in [2.75, 3.05) is 11.4 Å². The van der Waals surface area contributed by atoms with Crippen LogP contribution in [0.2, 0.25) is 5.02 Å². The summed E-state index contributed by atoms with van der Waals surface area (Å²) in [6.45, 7) is 6.87. The van der Waals surface area contributed by atoms with E-state index in [0.717, 1.165) is 11.3 Å². The van der Waals surface area contributed by atoms with E-state index in [4.69, 9.17) is 11.6 Å². The number of rotatable bonds is 2. The van der Waals surface area contributed by atoms with Crippen molar-refractivity contribution in [2.24, 2.45) is 0 Å². The maximum atomic E-state index is 12.3. The second kappa shape index (κ2) is 5.37. The lowest BCUT2D eigenvalue weighted by Crippen LogP contribution is -2.58. The molecule has 0 aromatic heterocycles. The Kier molecular flexibility index (Phi) is 3.48. The van der Waals surface area contributed by atoms with Crippen molar-refractivity contribution in [3.63, 3.8) is 0 Å². The number of aryl methyl sites for hydroxylation is 1. The van der Waals surface area contributed by atoms with Gasteiger partial charge in [0.25, 0.3) is 0 Å². The van der Waals surface area contributed by atoms with Crippen LogP contribution in [0, 0.1) is 6.92 Å². The fourth-order valence-electron chi connectivity index (χ4n) is 4.11. The first-order valence-electron chi connectivity index (χ1n) is 8.48. The molecule has 2 aromatic carbocycles. The van der Waals surface area contributed by atoms with E-state index in [1.54, 1.807) is 0 Å². The van der Waals surface area contributed by atoms with Crippen LogP contribution in [0.1, 0.15) is 30.5 Å². The highest BCUT2D eigenvalue weighted by Crippen LogP contribution is 2.53. The molecule has 1 fully saturated rings. The quantitative estimate of drug-likeness (QED) is 0.874. The predicted molar refractivity (Wildman–Crippen MR) is 103 cm³/mol. The van der Waals surface area contributed by atoms with E-state index in [2.05, 4.69) is 55.3 Å². The summed E-state index contributed by atoms with van der Waals surface area (Å²) in [7, 11) is 0. The van der Waals surface area contributed by atoms with Gasteiger partial charge in [-0.1, -0.05) is 61.4 Å². The lowest BCUT2D eigenvalue weighted by atomic mass is 9.75. The zero-order valence-electron chi connectivity index (χ0n) is 14.6. The van der Waals surface area contributed by atoms with Gasteiger partial charge in [-0.2, -0.15) is 0 Å². The SMILES string of the molecule is Cc1ccc2c(c1)C(C)(C)C1(/C=C/c3cccc(Cl)c3)NC(=O)CN21. The normalized spacial score (nSPS) is 23.7. The third kappa shape index (κ3) is 2.30. The zero-order valence-corrected chi connectivity index (χ0v) is 15.4. The van der Waals surface area contributed by atoms with Crippen LogP contribution < -0.4 is 10.2 Å². The molecule has 0 aliphatic carbocycles. The van der Waals surface area contributed by atoms with Crippen LogP contribution in [0.3, 0.4) is 0 Å². The molecule has 2 heterocycles. The average molecular weight is 353 g/mol. The number of amides is 1. The van der Waals surface area contributed by atoms with Crippen molar-refractivity contribution in [3.05, 3.63) is 70.3 Å². The molecule has 1 N–H and O–H groups in total. The summed E-state index contributed by atoms with van der Waals surface area (Å²) >= 11 is 6.11. The van der Waals surface area contributed by atoms with Crippen molar-refractivity contribution in [1.29, 1.82) is 0 Å². The van der Waals surface area contributed by atoms with Gasteiger partial charge in [-0.05, 0) is 42.3 Å². The Hall–Kier alpha value is -2.26. The Morgan fingerprint density at radius 1 is 1.20 bits per heavy atom. The molecule has 0 bridgehead atoms. The summed E-state index contributed by atoms with van der Waals surface area (Å²) in [5.41, 5.74) is 3.82.